The van der Waals surface area contributed by atoms with Crippen LogP contribution < -0.4 is 15.7 Å². The first-order valence-corrected chi connectivity index (χ1v) is 7.34. The van der Waals surface area contributed by atoms with Gasteiger partial charge in [-0.05, 0) is 31.5 Å². The van der Waals surface area contributed by atoms with Crippen molar-refractivity contribution in [3.63, 3.8) is 0 Å². The van der Waals surface area contributed by atoms with E-state index in [1.165, 1.54) is 17.0 Å². The van der Waals surface area contributed by atoms with E-state index in [1.807, 2.05) is 0 Å². The van der Waals surface area contributed by atoms with Crippen molar-refractivity contribution in [2.45, 2.75) is 26.8 Å². The number of nitrogens with one attached hydrogen (secondary N) is 2. The molecule has 2 aromatic rings. The van der Waals surface area contributed by atoms with Gasteiger partial charge < -0.3 is 19.8 Å². The predicted octanol–water partition coefficient (Wildman–Crippen LogP) is -0.992. The number of fused-ring (bicyclic) bond motifs is 1. The summed E-state index contributed by atoms with van der Waals surface area (Å²) in [6.07, 6.45) is 0.909. The van der Waals surface area contributed by atoms with Gasteiger partial charge in [-0.1, -0.05) is 6.07 Å². The highest BCUT2D eigenvalue weighted by Gasteiger charge is 2.09. The van der Waals surface area contributed by atoms with Crippen LogP contribution in [0.5, 0.6) is 0 Å². The molecule has 2 N–H and O–H groups in total. The van der Waals surface area contributed by atoms with E-state index in [1.54, 1.807) is 10.6 Å². The van der Waals surface area contributed by atoms with Crippen molar-refractivity contribution in [1.82, 2.24) is 9.55 Å². The molecule has 0 aliphatic rings. The molecule has 0 unspecified atom stereocenters. The van der Waals surface area contributed by atoms with Crippen LogP contribution in [0.2, 0.25) is 0 Å². The second-order valence-electron chi connectivity index (χ2n) is 5.16. The maximum Gasteiger partial charge on any atom is 0.326 e. The molecule has 1 heterocycles. The Labute approximate surface area is 123 Å². The largest absolute Gasteiger partial charge is 0.545 e. The molecular weight excluding hydrogens is 270 g/mol. The third kappa shape index (κ3) is 3.33. The first-order chi connectivity index (χ1) is 10.1. The van der Waals surface area contributed by atoms with Crippen LogP contribution in [0.15, 0.2) is 23.0 Å². The molecule has 1 aromatic heterocycles. The van der Waals surface area contributed by atoms with E-state index in [0.29, 0.717) is 12.1 Å². The Morgan fingerprint density at radius 3 is 2.67 bits per heavy atom. The molecule has 21 heavy (non-hydrogen) atoms. The highest BCUT2D eigenvalue weighted by molar-refractivity contribution is 5.91. The normalized spacial score (nSPS) is 11.4. The Balaban J connectivity index is 2.18. The van der Waals surface area contributed by atoms with Crippen molar-refractivity contribution in [3.8, 4) is 0 Å². The molecule has 0 saturated heterocycles. The zero-order valence-corrected chi connectivity index (χ0v) is 12.4. The maximum absolute atomic E-state index is 12.0. The number of carboxylic acids is 1. The molecule has 6 nitrogen and oxygen atoms in total. The minimum Gasteiger partial charge on any atom is -0.545 e. The van der Waals surface area contributed by atoms with Crippen molar-refractivity contribution in [2.24, 2.45) is 0 Å². The Hall–Kier alpha value is -2.08. The lowest BCUT2D eigenvalue weighted by molar-refractivity contribution is -0.896. The van der Waals surface area contributed by atoms with Crippen molar-refractivity contribution >= 4 is 17.0 Å². The van der Waals surface area contributed by atoms with Crippen LogP contribution >= 0.6 is 0 Å². The number of aromatic nitrogens is 2. The highest BCUT2D eigenvalue weighted by Crippen LogP contribution is 2.12. The SMILES string of the molecule is CC[NH+](CC)CCCn1c(=O)[nH]c2cc(C(=O)[O-])ccc21. The number of carbonyl (C=O) groups is 1. The van der Waals surface area contributed by atoms with Crippen LogP contribution in [0, 0.1) is 0 Å². The zero-order valence-electron chi connectivity index (χ0n) is 12.4. The standard InChI is InChI=1S/C15H21N3O3/c1-3-17(4-2)8-5-9-18-13-7-6-11(14(19)20)10-12(13)16-15(18)21/h6-7,10H,3-5,8-9H2,1-2H3,(H,16,21)(H,19,20). The average Bonchev–Trinajstić information content (AvgIpc) is 2.78. The summed E-state index contributed by atoms with van der Waals surface area (Å²) >= 11 is 0. The van der Waals surface area contributed by atoms with Gasteiger partial charge >= 0.3 is 5.69 Å². The monoisotopic (exact) mass is 291 g/mol. The lowest BCUT2D eigenvalue weighted by atomic mass is 10.2. The van der Waals surface area contributed by atoms with E-state index in [2.05, 4.69) is 18.8 Å². The summed E-state index contributed by atoms with van der Waals surface area (Å²) in [4.78, 5) is 27.0. The number of carbonyl (C=O) groups excluding carboxylic acids is 1. The number of aromatic amines is 1. The van der Waals surface area contributed by atoms with Gasteiger partial charge in [-0.3, -0.25) is 4.57 Å². The summed E-state index contributed by atoms with van der Waals surface area (Å²) in [7, 11) is 0. The quantitative estimate of drug-likeness (QED) is 0.687. The van der Waals surface area contributed by atoms with Gasteiger partial charge in [0.2, 0.25) is 0 Å². The maximum atomic E-state index is 12.0. The van der Waals surface area contributed by atoms with E-state index < -0.39 is 5.97 Å². The van der Waals surface area contributed by atoms with E-state index in [9.17, 15) is 14.7 Å². The fourth-order valence-corrected chi connectivity index (χ4v) is 2.60. The number of carboxylic acid groups (broad SMARTS) is 1. The summed E-state index contributed by atoms with van der Waals surface area (Å²) in [5.74, 6) is -1.24. The second-order valence-corrected chi connectivity index (χ2v) is 5.16. The van der Waals surface area contributed by atoms with Crippen molar-refractivity contribution in [2.75, 3.05) is 19.6 Å². The first-order valence-electron chi connectivity index (χ1n) is 7.34. The van der Waals surface area contributed by atoms with Crippen molar-refractivity contribution in [3.05, 3.63) is 34.2 Å². The minimum absolute atomic E-state index is 0.0727. The molecule has 0 radical (unpaired) electrons. The van der Waals surface area contributed by atoms with Gasteiger partial charge in [0.25, 0.3) is 0 Å². The van der Waals surface area contributed by atoms with Crippen LogP contribution in [-0.4, -0.2) is 35.2 Å². The highest BCUT2D eigenvalue weighted by atomic mass is 16.4. The number of H-pyrrole nitrogens is 1. The molecule has 0 fully saturated rings. The Bertz CT molecular complexity index is 683. The average molecular weight is 291 g/mol. The summed E-state index contributed by atoms with van der Waals surface area (Å²) < 4.78 is 1.66. The number of rotatable bonds is 7. The molecule has 0 aliphatic heterocycles. The van der Waals surface area contributed by atoms with Crippen LogP contribution in [0.1, 0.15) is 30.6 Å². The van der Waals surface area contributed by atoms with Gasteiger partial charge in [0, 0.05) is 13.0 Å². The fraction of sp³-hybridized carbons (Fsp3) is 0.467. The van der Waals surface area contributed by atoms with E-state index >= 15 is 0 Å². The minimum atomic E-state index is -1.24. The smallest absolute Gasteiger partial charge is 0.326 e. The van der Waals surface area contributed by atoms with Crippen LogP contribution in [-0.2, 0) is 6.54 Å². The molecule has 0 spiro atoms. The van der Waals surface area contributed by atoms with Gasteiger partial charge in [-0.25, -0.2) is 4.79 Å². The number of aryl methyl sites for hydroxylation is 1. The fourth-order valence-electron chi connectivity index (χ4n) is 2.60. The lowest BCUT2D eigenvalue weighted by Crippen LogP contribution is -3.11. The zero-order chi connectivity index (χ0) is 15.4. The van der Waals surface area contributed by atoms with E-state index in [-0.39, 0.29) is 11.3 Å². The van der Waals surface area contributed by atoms with Crippen molar-refractivity contribution in [1.29, 1.82) is 0 Å². The molecule has 1 aromatic carbocycles. The molecule has 0 atom stereocenters. The number of aromatic carboxylic acids is 1. The Morgan fingerprint density at radius 1 is 1.33 bits per heavy atom. The molecule has 2 rings (SSSR count). The Kier molecular flexibility index (Phi) is 4.80. The molecule has 0 saturated carbocycles. The number of hydrogen-bond donors (Lipinski definition) is 2. The second kappa shape index (κ2) is 6.58. The number of nitrogens with zero attached hydrogens (tertiary/aromatic N) is 1. The van der Waals surface area contributed by atoms with E-state index in [0.717, 1.165) is 31.6 Å². The molecule has 0 amide bonds. The van der Waals surface area contributed by atoms with Gasteiger partial charge in [0.05, 0.1) is 36.6 Å². The first kappa shape index (κ1) is 15.3. The summed E-state index contributed by atoms with van der Waals surface area (Å²) in [6.45, 7) is 8.11. The summed E-state index contributed by atoms with van der Waals surface area (Å²) in [5, 5.41) is 10.8. The Morgan fingerprint density at radius 2 is 2.05 bits per heavy atom. The van der Waals surface area contributed by atoms with Gasteiger partial charge in [-0.2, -0.15) is 0 Å². The topological polar surface area (TPSA) is 82.4 Å². The third-order valence-electron chi connectivity index (χ3n) is 3.92. The van der Waals surface area contributed by atoms with Crippen molar-refractivity contribution < 1.29 is 14.8 Å². The summed E-state index contributed by atoms with van der Waals surface area (Å²) in [5.41, 5.74) is 1.15. The third-order valence-corrected chi connectivity index (χ3v) is 3.92. The number of hydrogen-bond acceptors (Lipinski definition) is 3. The summed E-state index contributed by atoms with van der Waals surface area (Å²) in [6, 6.07) is 4.57. The lowest BCUT2D eigenvalue weighted by Gasteiger charge is -2.15. The number of imidazole rings is 1. The number of quaternary nitrogens is 1. The molecule has 0 aliphatic carbocycles. The molecule has 0 bridgehead atoms. The van der Waals surface area contributed by atoms with E-state index in [4.69, 9.17) is 0 Å². The number of benzene rings is 1. The molecule has 114 valence electrons. The van der Waals surface area contributed by atoms with Crippen LogP contribution in [0.3, 0.4) is 0 Å². The van der Waals surface area contributed by atoms with Gasteiger partial charge in [-0.15, -0.1) is 0 Å². The van der Waals surface area contributed by atoms with Gasteiger partial charge in [0.15, 0.2) is 0 Å². The predicted molar refractivity (Wildman–Crippen MR) is 78.4 cm³/mol. The van der Waals surface area contributed by atoms with Crippen LogP contribution in [0.4, 0.5) is 0 Å². The molecule has 6 heteroatoms. The molecular formula is C15H21N3O3. The van der Waals surface area contributed by atoms with Crippen LogP contribution in [0.25, 0.3) is 11.0 Å². The van der Waals surface area contributed by atoms with Gasteiger partial charge in [0.1, 0.15) is 0 Å².